The zero-order valence-corrected chi connectivity index (χ0v) is 14.0. The van der Waals surface area contributed by atoms with Gasteiger partial charge in [-0.05, 0) is 66.9 Å². The molecule has 0 aliphatic heterocycles. The van der Waals surface area contributed by atoms with Gasteiger partial charge in [-0.2, -0.15) is 0 Å². The zero-order chi connectivity index (χ0) is 14.8. The van der Waals surface area contributed by atoms with E-state index in [4.69, 9.17) is 4.74 Å². The smallest absolute Gasteiger partial charge is 0.150 e. The van der Waals surface area contributed by atoms with Gasteiger partial charge in [-0.3, -0.25) is 4.79 Å². The Morgan fingerprint density at radius 2 is 1.67 bits per heavy atom. The quantitative estimate of drug-likeness (QED) is 0.501. The highest BCUT2D eigenvalue weighted by molar-refractivity contribution is 9.11. The van der Waals surface area contributed by atoms with E-state index in [1.807, 2.05) is 30.3 Å². The largest absolute Gasteiger partial charge is 0.455 e. The van der Waals surface area contributed by atoms with Crippen LogP contribution >= 0.6 is 31.9 Å². The van der Waals surface area contributed by atoms with Crippen LogP contribution in [0.3, 0.4) is 0 Å². The van der Waals surface area contributed by atoms with Crippen LogP contribution < -0.4 is 4.74 Å². The molecule has 104 valence electrons. The lowest BCUT2D eigenvalue weighted by molar-refractivity contribution is 0.112. The molecule has 4 heteroatoms. The van der Waals surface area contributed by atoms with Gasteiger partial charge in [0.25, 0.3) is 0 Å². The second-order valence-electron chi connectivity index (χ2n) is 4.51. The molecule has 0 fully saturated rings. The van der Waals surface area contributed by atoms with Gasteiger partial charge in [0.05, 0.1) is 8.95 Å². The lowest BCUT2D eigenvalue weighted by Gasteiger charge is -2.11. The third-order valence-electron chi connectivity index (χ3n) is 3.14. The Morgan fingerprint density at radius 1 is 0.905 bits per heavy atom. The molecule has 0 aliphatic rings. The van der Waals surface area contributed by atoms with Gasteiger partial charge < -0.3 is 4.74 Å². The van der Waals surface area contributed by atoms with Crippen LogP contribution in [-0.4, -0.2) is 6.29 Å². The molecule has 0 aliphatic carbocycles. The number of carbonyl (C=O) groups excluding carboxylic acids is 1. The predicted molar refractivity (Wildman–Crippen MR) is 91.3 cm³/mol. The fourth-order valence-electron chi connectivity index (χ4n) is 2.08. The molecule has 0 spiro atoms. The van der Waals surface area contributed by atoms with Crippen molar-refractivity contribution >= 4 is 48.9 Å². The molecule has 3 rings (SSSR count). The normalized spacial score (nSPS) is 10.6. The molecule has 0 saturated heterocycles. The first kappa shape index (κ1) is 14.3. The van der Waals surface area contributed by atoms with E-state index in [1.54, 1.807) is 18.2 Å². The SMILES string of the molecule is O=Cc1ccc(Oc2ccc3ccccc3c2Br)c(Br)c1. The number of aldehydes is 1. The summed E-state index contributed by atoms with van der Waals surface area (Å²) in [5.41, 5.74) is 0.604. The van der Waals surface area contributed by atoms with Crippen LogP contribution in [0.1, 0.15) is 10.4 Å². The standard InChI is InChI=1S/C17H10Br2O2/c18-14-9-11(10-20)5-7-15(14)21-16-8-6-12-3-1-2-4-13(12)17(16)19/h1-10H. The van der Waals surface area contributed by atoms with E-state index in [0.29, 0.717) is 11.3 Å². The molecule has 21 heavy (non-hydrogen) atoms. The van der Waals surface area contributed by atoms with Crippen molar-refractivity contribution in [3.05, 3.63) is 69.1 Å². The Kier molecular flexibility index (Phi) is 4.08. The maximum absolute atomic E-state index is 10.8. The third kappa shape index (κ3) is 2.87. The summed E-state index contributed by atoms with van der Waals surface area (Å²) in [5, 5.41) is 2.24. The van der Waals surface area contributed by atoms with E-state index in [-0.39, 0.29) is 0 Å². The van der Waals surface area contributed by atoms with Crippen LogP contribution in [0, 0.1) is 0 Å². The molecule has 3 aromatic rings. The molecule has 0 unspecified atom stereocenters. The van der Waals surface area contributed by atoms with Crippen molar-refractivity contribution in [3.8, 4) is 11.5 Å². The van der Waals surface area contributed by atoms with E-state index < -0.39 is 0 Å². The van der Waals surface area contributed by atoms with Gasteiger partial charge >= 0.3 is 0 Å². The summed E-state index contributed by atoms with van der Waals surface area (Å²) in [6.07, 6.45) is 0.806. The van der Waals surface area contributed by atoms with Crippen LogP contribution in [-0.2, 0) is 0 Å². The van der Waals surface area contributed by atoms with Gasteiger partial charge in [0.15, 0.2) is 0 Å². The lowest BCUT2D eigenvalue weighted by Crippen LogP contribution is -1.89. The Morgan fingerprint density at radius 3 is 2.43 bits per heavy atom. The van der Waals surface area contributed by atoms with Crippen molar-refractivity contribution in [2.75, 3.05) is 0 Å². The van der Waals surface area contributed by atoms with Gasteiger partial charge in [0, 0.05) is 5.56 Å². The molecule has 2 nitrogen and oxygen atoms in total. The highest BCUT2D eigenvalue weighted by Crippen LogP contribution is 2.38. The van der Waals surface area contributed by atoms with E-state index in [0.717, 1.165) is 31.8 Å². The van der Waals surface area contributed by atoms with Gasteiger partial charge in [-0.1, -0.05) is 30.3 Å². The summed E-state index contributed by atoms with van der Waals surface area (Å²) in [4.78, 5) is 10.8. The summed E-state index contributed by atoms with van der Waals surface area (Å²) < 4.78 is 7.59. The summed E-state index contributed by atoms with van der Waals surface area (Å²) in [6.45, 7) is 0. The lowest BCUT2D eigenvalue weighted by atomic mass is 10.1. The molecule has 0 saturated carbocycles. The average molecular weight is 406 g/mol. The molecule has 0 N–H and O–H groups in total. The van der Waals surface area contributed by atoms with Gasteiger partial charge in [0.1, 0.15) is 17.8 Å². The minimum Gasteiger partial charge on any atom is -0.455 e. The van der Waals surface area contributed by atoms with Crippen LogP contribution in [0.15, 0.2) is 63.5 Å². The van der Waals surface area contributed by atoms with Crippen LogP contribution in [0.2, 0.25) is 0 Å². The van der Waals surface area contributed by atoms with Crippen LogP contribution in [0.25, 0.3) is 10.8 Å². The van der Waals surface area contributed by atoms with Gasteiger partial charge in [-0.15, -0.1) is 0 Å². The number of hydrogen-bond donors (Lipinski definition) is 0. The summed E-state index contributed by atoms with van der Waals surface area (Å²) >= 11 is 7.02. The van der Waals surface area contributed by atoms with Crippen LogP contribution in [0.4, 0.5) is 0 Å². The molecule has 0 bridgehead atoms. The second kappa shape index (κ2) is 6.00. The van der Waals surface area contributed by atoms with Crippen molar-refractivity contribution in [1.29, 1.82) is 0 Å². The third-order valence-corrected chi connectivity index (χ3v) is 4.58. The first-order valence-corrected chi connectivity index (χ1v) is 7.87. The van der Waals surface area contributed by atoms with E-state index in [2.05, 4.69) is 37.9 Å². The molecular weight excluding hydrogens is 396 g/mol. The van der Waals surface area contributed by atoms with Gasteiger partial charge in [-0.25, -0.2) is 0 Å². The number of ether oxygens (including phenoxy) is 1. The Balaban J connectivity index is 2.02. The number of hydrogen-bond acceptors (Lipinski definition) is 2. The molecule has 0 atom stereocenters. The van der Waals surface area contributed by atoms with E-state index in [1.165, 1.54) is 0 Å². The molecule has 0 amide bonds. The molecule has 0 radical (unpaired) electrons. The van der Waals surface area contributed by atoms with Crippen molar-refractivity contribution in [3.63, 3.8) is 0 Å². The molecule has 0 heterocycles. The molecule has 0 aromatic heterocycles. The number of halogens is 2. The minimum absolute atomic E-state index is 0.604. The van der Waals surface area contributed by atoms with Gasteiger partial charge in [0.2, 0.25) is 0 Å². The number of benzene rings is 3. The number of rotatable bonds is 3. The maximum atomic E-state index is 10.8. The fraction of sp³-hybridized carbons (Fsp3) is 0. The first-order chi connectivity index (χ1) is 10.2. The van der Waals surface area contributed by atoms with Crippen LogP contribution in [0.5, 0.6) is 11.5 Å². The summed E-state index contributed by atoms with van der Waals surface area (Å²) in [6, 6.07) is 17.3. The second-order valence-corrected chi connectivity index (χ2v) is 6.16. The van der Waals surface area contributed by atoms with Crippen molar-refractivity contribution in [2.24, 2.45) is 0 Å². The number of carbonyl (C=O) groups is 1. The summed E-state index contributed by atoms with van der Waals surface area (Å²) in [5.74, 6) is 1.39. The number of fused-ring (bicyclic) bond motifs is 1. The fourth-order valence-corrected chi connectivity index (χ4v) is 3.14. The van der Waals surface area contributed by atoms with Crippen molar-refractivity contribution in [1.82, 2.24) is 0 Å². The molecule has 3 aromatic carbocycles. The average Bonchev–Trinajstić information content (AvgIpc) is 2.52. The van der Waals surface area contributed by atoms with Crippen molar-refractivity contribution in [2.45, 2.75) is 0 Å². The maximum Gasteiger partial charge on any atom is 0.150 e. The topological polar surface area (TPSA) is 26.3 Å². The first-order valence-electron chi connectivity index (χ1n) is 6.29. The minimum atomic E-state index is 0.604. The predicted octanol–water partition coefficient (Wildman–Crippen LogP) is 5.97. The Hall–Kier alpha value is -1.65. The monoisotopic (exact) mass is 404 g/mol. The Bertz CT molecular complexity index is 828. The summed E-state index contributed by atoms with van der Waals surface area (Å²) in [7, 11) is 0. The van der Waals surface area contributed by atoms with Crippen molar-refractivity contribution < 1.29 is 9.53 Å². The molecular formula is C17H10Br2O2. The van der Waals surface area contributed by atoms with E-state index >= 15 is 0 Å². The Labute approximate surface area is 139 Å². The highest BCUT2D eigenvalue weighted by atomic mass is 79.9. The highest BCUT2D eigenvalue weighted by Gasteiger charge is 2.09. The van der Waals surface area contributed by atoms with E-state index in [9.17, 15) is 4.79 Å². The zero-order valence-electron chi connectivity index (χ0n) is 10.8.